The van der Waals surface area contributed by atoms with Crippen LogP contribution in [0.25, 0.3) is 0 Å². The van der Waals surface area contributed by atoms with Crippen molar-refractivity contribution in [2.24, 2.45) is 7.05 Å². The number of carbonyl (C=O) groups is 1. The monoisotopic (exact) mass is 246 g/mol. The van der Waals surface area contributed by atoms with Crippen molar-refractivity contribution in [2.45, 2.75) is 6.42 Å². The molecule has 0 amide bonds. The first-order chi connectivity index (χ1) is 8.65. The lowest BCUT2D eigenvalue weighted by atomic mass is 10.3. The summed E-state index contributed by atoms with van der Waals surface area (Å²) < 4.78 is 1.76. The van der Waals surface area contributed by atoms with Crippen LogP contribution in [0.3, 0.4) is 0 Å². The molecule has 0 bridgehead atoms. The van der Waals surface area contributed by atoms with Crippen LogP contribution in [0.15, 0.2) is 30.6 Å². The summed E-state index contributed by atoms with van der Waals surface area (Å²) in [6.45, 7) is 0.727. The molecule has 0 saturated heterocycles. The summed E-state index contributed by atoms with van der Waals surface area (Å²) >= 11 is 0. The van der Waals surface area contributed by atoms with Crippen LogP contribution in [0.1, 0.15) is 16.2 Å². The van der Waals surface area contributed by atoms with Crippen molar-refractivity contribution in [3.63, 3.8) is 0 Å². The first-order valence-corrected chi connectivity index (χ1v) is 5.57. The minimum atomic E-state index is -1.02. The van der Waals surface area contributed by atoms with E-state index in [0.717, 1.165) is 24.3 Å². The minimum Gasteiger partial charge on any atom is -0.477 e. The SMILES string of the molecule is Cn1ccc(CCNc2ccc(C(=O)O)nc2)n1. The van der Waals surface area contributed by atoms with Gasteiger partial charge in [0.1, 0.15) is 5.69 Å². The Kier molecular flexibility index (Phi) is 3.57. The van der Waals surface area contributed by atoms with Crippen LogP contribution in [-0.4, -0.2) is 32.4 Å². The van der Waals surface area contributed by atoms with Gasteiger partial charge >= 0.3 is 5.97 Å². The molecule has 18 heavy (non-hydrogen) atoms. The van der Waals surface area contributed by atoms with Crippen molar-refractivity contribution in [2.75, 3.05) is 11.9 Å². The molecule has 0 atom stereocenters. The van der Waals surface area contributed by atoms with Crippen molar-refractivity contribution in [1.82, 2.24) is 14.8 Å². The third-order valence-electron chi connectivity index (χ3n) is 2.46. The summed E-state index contributed by atoms with van der Waals surface area (Å²) in [5.74, 6) is -1.02. The molecule has 2 aromatic rings. The minimum absolute atomic E-state index is 0.0466. The molecule has 2 heterocycles. The quantitative estimate of drug-likeness (QED) is 0.827. The Balaban J connectivity index is 1.85. The number of rotatable bonds is 5. The van der Waals surface area contributed by atoms with Crippen molar-refractivity contribution < 1.29 is 9.90 Å². The summed E-state index contributed by atoms with van der Waals surface area (Å²) in [5, 5.41) is 16.1. The number of pyridine rings is 1. The zero-order valence-electron chi connectivity index (χ0n) is 10.00. The molecule has 2 rings (SSSR count). The van der Waals surface area contributed by atoms with Gasteiger partial charge in [-0.25, -0.2) is 9.78 Å². The second-order valence-corrected chi connectivity index (χ2v) is 3.89. The van der Waals surface area contributed by atoms with Crippen LogP contribution in [0.5, 0.6) is 0 Å². The number of anilines is 1. The number of aromatic nitrogens is 3. The summed E-state index contributed by atoms with van der Waals surface area (Å²) in [6, 6.07) is 5.15. The predicted molar refractivity (Wildman–Crippen MR) is 66.6 cm³/mol. The number of hydrogen-bond donors (Lipinski definition) is 2. The molecule has 0 unspecified atom stereocenters. The molecular formula is C12H14N4O2. The van der Waals surface area contributed by atoms with E-state index in [1.807, 2.05) is 19.3 Å². The maximum atomic E-state index is 10.6. The number of carboxylic acids is 1. The molecule has 2 aromatic heterocycles. The van der Waals surface area contributed by atoms with E-state index in [1.54, 1.807) is 10.7 Å². The van der Waals surface area contributed by atoms with E-state index in [9.17, 15) is 4.79 Å². The van der Waals surface area contributed by atoms with Gasteiger partial charge in [0.05, 0.1) is 17.6 Å². The van der Waals surface area contributed by atoms with E-state index < -0.39 is 5.97 Å². The van der Waals surface area contributed by atoms with E-state index in [2.05, 4.69) is 15.4 Å². The fourth-order valence-corrected chi connectivity index (χ4v) is 1.56. The highest BCUT2D eigenvalue weighted by Crippen LogP contribution is 2.06. The average Bonchev–Trinajstić information content (AvgIpc) is 2.76. The molecule has 6 nitrogen and oxygen atoms in total. The average molecular weight is 246 g/mol. The van der Waals surface area contributed by atoms with Crippen LogP contribution in [-0.2, 0) is 13.5 Å². The van der Waals surface area contributed by atoms with Crippen LogP contribution in [0.4, 0.5) is 5.69 Å². The summed E-state index contributed by atoms with van der Waals surface area (Å²) in [6.07, 6.45) is 4.22. The van der Waals surface area contributed by atoms with Crippen molar-refractivity contribution >= 4 is 11.7 Å². The molecule has 0 saturated carbocycles. The van der Waals surface area contributed by atoms with Crippen LogP contribution in [0.2, 0.25) is 0 Å². The van der Waals surface area contributed by atoms with E-state index in [0.29, 0.717) is 0 Å². The topological polar surface area (TPSA) is 80.0 Å². The second kappa shape index (κ2) is 5.31. The van der Waals surface area contributed by atoms with Gasteiger partial charge in [-0.05, 0) is 18.2 Å². The normalized spacial score (nSPS) is 10.3. The first-order valence-electron chi connectivity index (χ1n) is 5.57. The van der Waals surface area contributed by atoms with Gasteiger partial charge in [-0.2, -0.15) is 5.10 Å². The number of nitrogens with zero attached hydrogens (tertiary/aromatic N) is 3. The molecule has 0 aliphatic carbocycles. The zero-order chi connectivity index (χ0) is 13.0. The second-order valence-electron chi connectivity index (χ2n) is 3.89. The molecule has 0 radical (unpaired) electrons. The molecule has 0 aromatic carbocycles. The molecule has 2 N–H and O–H groups in total. The fourth-order valence-electron chi connectivity index (χ4n) is 1.56. The molecule has 6 heteroatoms. The van der Waals surface area contributed by atoms with Gasteiger partial charge in [-0.3, -0.25) is 4.68 Å². The Bertz CT molecular complexity index is 533. The van der Waals surface area contributed by atoms with Crippen LogP contribution in [0, 0.1) is 0 Å². The zero-order valence-corrected chi connectivity index (χ0v) is 10.00. The van der Waals surface area contributed by atoms with E-state index in [1.165, 1.54) is 12.3 Å². The van der Waals surface area contributed by atoms with Crippen molar-refractivity contribution in [1.29, 1.82) is 0 Å². The Labute approximate surface area is 104 Å². The third-order valence-corrected chi connectivity index (χ3v) is 2.46. The lowest BCUT2D eigenvalue weighted by Crippen LogP contribution is -2.07. The van der Waals surface area contributed by atoms with Gasteiger partial charge < -0.3 is 10.4 Å². The molecule has 0 aliphatic heterocycles. The highest BCUT2D eigenvalue weighted by Gasteiger charge is 2.03. The summed E-state index contributed by atoms with van der Waals surface area (Å²) in [4.78, 5) is 14.4. The number of aromatic carboxylic acids is 1. The molecular weight excluding hydrogens is 232 g/mol. The maximum Gasteiger partial charge on any atom is 0.354 e. The van der Waals surface area contributed by atoms with E-state index in [-0.39, 0.29) is 5.69 Å². The number of nitrogens with one attached hydrogen (secondary N) is 1. The first kappa shape index (κ1) is 12.1. The number of aryl methyl sites for hydroxylation is 1. The predicted octanol–water partition coefficient (Wildman–Crippen LogP) is 1.17. The molecule has 0 aliphatic rings. The fraction of sp³-hybridized carbons (Fsp3) is 0.250. The molecule has 94 valence electrons. The molecule has 0 fully saturated rings. The van der Waals surface area contributed by atoms with Crippen molar-refractivity contribution in [3.05, 3.63) is 42.0 Å². The van der Waals surface area contributed by atoms with Gasteiger partial charge in [0.25, 0.3) is 0 Å². The van der Waals surface area contributed by atoms with E-state index in [4.69, 9.17) is 5.11 Å². The standard InChI is InChI=1S/C12H14N4O2/c1-16-7-5-9(15-16)4-6-13-10-2-3-11(12(17)18)14-8-10/h2-3,5,7-8,13H,4,6H2,1H3,(H,17,18). The largest absolute Gasteiger partial charge is 0.477 e. The lowest BCUT2D eigenvalue weighted by molar-refractivity contribution is 0.0690. The Morgan fingerprint density at radius 3 is 2.83 bits per heavy atom. The van der Waals surface area contributed by atoms with Gasteiger partial charge in [0, 0.05) is 26.2 Å². The Morgan fingerprint density at radius 1 is 1.44 bits per heavy atom. The summed E-state index contributed by atoms with van der Waals surface area (Å²) in [7, 11) is 1.88. The third kappa shape index (κ3) is 3.07. The maximum absolute atomic E-state index is 10.6. The van der Waals surface area contributed by atoms with Gasteiger partial charge in [-0.15, -0.1) is 0 Å². The van der Waals surface area contributed by atoms with Gasteiger partial charge in [0.15, 0.2) is 0 Å². The molecule has 0 spiro atoms. The highest BCUT2D eigenvalue weighted by molar-refractivity contribution is 5.85. The summed E-state index contributed by atoms with van der Waals surface area (Å²) in [5.41, 5.74) is 1.86. The van der Waals surface area contributed by atoms with E-state index >= 15 is 0 Å². The van der Waals surface area contributed by atoms with Crippen molar-refractivity contribution in [3.8, 4) is 0 Å². The van der Waals surface area contributed by atoms with Crippen LogP contribution < -0.4 is 5.32 Å². The van der Waals surface area contributed by atoms with Gasteiger partial charge in [0.2, 0.25) is 0 Å². The van der Waals surface area contributed by atoms with Crippen LogP contribution >= 0.6 is 0 Å². The Morgan fingerprint density at radius 2 is 2.28 bits per heavy atom. The lowest BCUT2D eigenvalue weighted by Gasteiger charge is -2.04. The van der Waals surface area contributed by atoms with Gasteiger partial charge in [-0.1, -0.05) is 0 Å². The number of hydrogen-bond acceptors (Lipinski definition) is 4. The number of carboxylic acid groups (broad SMARTS) is 1. The highest BCUT2D eigenvalue weighted by atomic mass is 16.4. The smallest absolute Gasteiger partial charge is 0.354 e. The Hall–Kier alpha value is -2.37.